The van der Waals surface area contributed by atoms with Gasteiger partial charge < -0.3 is 19.9 Å². The molecule has 0 bridgehead atoms. The number of aromatic nitrogens is 5. The van der Waals surface area contributed by atoms with Gasteiger partial charge in [0.15, 0.2) is 0 Å². The maximum absolute atomic E-state index is 11.4. The quantitative estimate of drug-likeness (QED) is 0.525. The number of hydrogen-bond donors (Lipinski definition) is 3. The van der Waals surface area contributed by atoms with Gasteiger partial charge in [0.05, 0.1) is 11.0 Å². The maximum atomic E-state index is 11.4. The highest BCUT2D eigenvalue weighted by molar-refractivity contribution is 5.82. The molecule has 1 aromatic carbocycles. The first-order valence-corrected chi connectivity index (χ1v) is 9.01. The number of imidazole rings is 1. The standard InChI is InChI=1S/C19H20N6O/c1-11-10-25(13-4-2-3-5-13)17-14(11)9-20-18(24-17)21-12-6-7-15-16(8-12)23-19(26)22-15/h6-10,13H,2-5H2,1H3,(H,20,21,24)(H2,22,23,26). The van der Waals surface area contributed by atoms with Crippen molar-refractivity contribution in [1.29, 1.82) is 0 Å². The van der Waals surface area contributed by atoms with Crippen LogP contribution in [0.2, 0.25) is 0 Å². The monoisotopic (exact) mass is 348 g/mol. The molecule has 7 heteroatoms. The van der Waals surface area contributed by atoms with Crippen LogP contribution in [0, 0.1) is 6.92 Å². The van der Waals surface area contributed by atoms with E-state index in [0.29, 0.717) is 12.0 Å². The van der Waals surface area contributed by atoms with Gasteiger partial charge in [-0.15, -0.1) is 0 Å². The molecule has 4 aromatic rings. The van der Waals surface area contributed by atoms with E-state index in [9.17, 15) is 4.79 Å². The predicted octanol–water partition coefficient (Wildman–Crippen LogP) is 3.77. The van der Waals surface area contributed by atoms with Crippen molar-refractivity contribution in [2.45, 2.75) is 38.6 Å². The van der Waals surface area contributed by atoms with Crippen molar-refractivity contribution >= 4 is 33.7 Å². The SMILES string of the molecule is Cc1cn(C2CCCC2)c2nc(Nc3ccc4[nH]c(=O)[nH]c4c3)ncc12. The number of hydrogen-bond acceptors (Lipinski definition) is 4. The number of aryl methyl sites for hydroxylation is 1. The van der Waals surface area contributed by atoms with E-state index >= 15 is 0 Å². The molecule has 1 saturated carbocycles. The molecule has 0 aliphatic heterocycles. The third kappa shape index (κ3) is 2.47. The Morgan fingerprint density at radius 1 is 1.19 bits per heavy atom. The lowest BCUT2D eigenvalue weighted by atomic mass is 10.2. The second-order valence-corrected chi connectivity index (χ2v) is 7.05. The lowest BCUT2D eigenvalue weighted by Crippen LogP contribution is -2.05. The van der Waals surface area contributed by atoms with Crippen molar-refractivity contribution in [2.75, 3.05) is 5.32 Å². The topological polar surface area (TPSA) is 91.4 Å². The molecule has 1 aliphatic carbocycles. The van der Waals surface area contributed by atoms with Gasteiger partial charge in [-0.05, 0) is 43.5 Å². The van der Waals surface area contributed by atoms with Crippen molar-refractivity contribution in [2.24, 2.45) is 0 Å². The Morgan fingerprint density at radius 3 is 2.85 bits per heavy atom. The largest absolute Gasteiger partial charge is 0.329 e. The van der Waals surface area contributed by atoms with Gasteiger partial charge in [-0.3, -0.25) is 0 Å². The number of H-pyrrole nitrogens is 2. The zero-order valence-corrected chi connectivity index (χ0v) is 14.5. The molecule has 1 fully saturated rings. The fourth-order valence-corrected chi connectivity index (χ4v) is 3.95. The summed E-state index contributed by atoms with van der Waals surface area (Å²) in [5, 5.41) is 4.36. The van der Waals surface area contributed by atoms with Gasteiger partial charge in [0.2, 0.25) is 5.95 Å². The molecule has 0 amide bonds. The highest BCUT2D eigenvalue weighted by Crippen LogP contribution is 2.33. The number of aromatic amines is 2. The van der Waals surface area contributed by atoms with E-state index in [1.165, 1.54) is 31.2 Å². The second-order valence-electron chi connectivity index (χ2n) is 7.05. The van der Waals surface area contributed by atoms with Crippen LogP contribution in [0.25, 0.3) is 22.1 Å². The summed E-state index contributed by atoms with van der Waals surface area (Å²) >= 11 is 0. The molecule has 3 heterocycles. The predicted molar refractivity (Wildman–Crippen MR) is 102 cm³/mol. The average molecular weight is 348 g/mol. The zero-order valence-electron chi connectivity index (χ0n) is 14.5. The molecule has 0 spiro atoms. The minimum absolute atomic E-state index is 0.209. The van der Waals surface area contributed by atoms with Crippen molar-refractivity contribution in [1.82, 2.24) is 24.5 Å². The average Bonchev–Trinajstić information content (AvgIpc) is 3.33. The number of nitrogens with one attached hydrogen (secondary N) is 3. The first kappa shape index (κ1) is 15.2. The fourth-order valence-electron chi connectivity index (χ4n) is 3.95. The van der Waals surface area contributed by atoms with Crippen LogP contribution in [0.4, 0.5) is 11.6 Å². The molecular formula is C19H20N6O. The fraction of sp³-hybridized carbons (Fsp3) is 0.316. The van der Waals surface area contributed by atoms with Gasteiger partial charge in [-0.1, -0.05) is 12.8 Å². The summed E-state index contributed by atoms with van der Waals surface area (Å²) in [5.41, 5.74) is 4.36. The lowest BCUT2D eigenvalue weighted by molar-refractivity contribution is 0.532. The molecule has 132 valence electrons. The summed E-state index contributed by atoms with van der Waals surface area (Å²) in [6.07, 6.45) is 9.10. The molecule has 26 heavy (non-hydrogen) atoms. The van der Waals surface area contributed by atoms with Crippen LogP contribution in [0.3, 0.4) is 0 Å². The van der Waals surface area contributed by atoms with Crippen molar-refractivity contribution in [3.63, 3.8) is 0 Å². The summed E-state index contributed by atoms with van der Waals surface area (Å²) in [7, 11) is 0. The number of fused-ring (bicyclic) bond motifs is 2. The molecule has 0 unspecified atom stereocenters. The molecule has 3 aromatic heterocycles. The van der Waals surface area contributed by atoms with Crippen LogP contribution in [-0.4, -0.2) is 24.5 Å². The van der Waals surface area contributed by atoms with E-state index in [2.05, 4.69) is 38.0 Å². The highest BCUT2D eigenvalue weighted by atomic mass is 16.1. The van der Waals surface area contributed by atoms with E-state index in [1.807, 2.05) is 24.4 Å². The molecule has 1 aliphatic rings. The Hall–Kier alpha value is -3.09. The smallest absolute Gasteiger partial charge is 0.323 e. The number of benzene rings is 1. The molecule has 0 saturated heterocycles. The van der Waals surface area contributed by atoms with E-state index in [1.54, 1.807) is 0 Å². The summed E-state index contributed by atoms with van der Waals surface area (Å²) in [6, 6.07) is 6.18. The summed E-state index contributed by atoms with van der Waals surface area (Å²) < 4.78 is 2.32. The van der Waals surface area contributed by atoms with Gasteiger partial charge in [0.25, 0.3) is 0 Å². The Labute approximate surface area is 149 Å². The molecule has 5 rings (SSSR count). The minimum atomic E-state index is -0.209. The Kier molecular flexibility index (Phi) is 3.34. The van der Waals surface area contributed by atoms with Crippen LogP contribution in [0.5, 0.6) is 0 Å². The lowest BCUT2D eigenvalue weighted by Gasteiger charge is -2.13. The van der Waals surface area contributed by atoms with E-state index in [0.717, 1.165) is 27.8 Å². The first-order valence-electron chi connectivity index (χ1n) is 9.01. The van der Waals surface area contributed by atoms with Crippen molar-refractivity contribution < 1.29 is 0 Å². The van der Waals surface area contributed by atoms with E-state index in [4.69, 9.17) is 4.98 Å². The van der Waals surface area contributed by atoms with Crippen LogP contribution < -0.4 is 11.0 Å². The second kappa shape index (κ2) is 5.72. The van der Waals surface area contributed by atoms with Crippen LogP contribution in [0.1, 0.15) is 37.3 Å². The van der Waals surface area contributed by atoms with E-state index < -0.39 is 0 Å². The number of nitrogens with zero attached hydrogens (tertiary/aromatic N) is 3. The highest BCUT2D eigenvalue weighted by Gasteiger charge is 2.20. The van der Waals surface area contributed by atoms with Crippen LogP contribution in [-0.2, 0) is 0 Å². The number of anilines is 2. The van der Waals surface area contributed by atoms with Gasteiger partial charge in [0.1, 0.15) is 5.65 Å². The zero-order chi connectivity index (χ0) is 17.7. The molecule has 0 atom stereocenters. The Balaban J connectivity index is 1.53. The molecule has 0 radical (unpaired) electrons. The normalized spacial score (nSPS) is 15.3. The number of rotatable bonds is 3. The van der Waals surface area contributed by atoms with E-state index in [-0.39, 0.29) is 5.69 Å². The van der Waals surface area contributed by atoms with Gasteiger partial charge >= 0.3 is 5.69 Å². The minimum Gasteiger partial charge on any atom is -0.329 e. The Morgan fingerprint density at radius 2 is 2.00 bits per heavy atom. The molecule has 3 N–H and O–H groups in total. The molecular weight excluding hydrogens is 328 g/mol. The van der Waals surface area contributed by atoms with Crippen molar-refractivity contribution in [3.05, 3.63) is 46.6 Å². The van der Waals surface area contributed by atoms with Crippen LogP contribution >= 0.6 is 0 Å². The summed E-state index contributed by atoms with van der Waals surface area (Å²) in [5.74, 6) is 0.562. The summed E-state index contributed by atoms with van der Waals surface area (Å²) in [4.78, 5) is 26.2. The third-order valence-electron chi connectivity index (χ3n) is 5.26. The molecule has 7 nitrogen and oxygen atoms in total. The van der Waals surface area contributed by atoms with Gasteiger partial charge in [-0.2, -0.15) is 4.98 Å². The summed E-state index contributed by atoms with van der Waals surface area (Å²) in [6.45, 7) is 2.11. The van der Waals surface area contributed by atoms with Crippen LogP contribution in [0.15, 0.2) is 35.4 Å². The van der Waals surface area contributed by atoms with Crippen molar-refractivity contribution in [3.8, 4) is 0 Å². The first-order chi connectivity index (χ1) is 12.7. The maximum Gasteiger partial charge on any atom is 0.323 e. The van der Waals surface area contributed by atoms with Gasteiger partial charge in [0, 0.05) is 29.5 Å². The third-order valence-corrected chi connectivity index (χ3v) is 5.26. The Bertz CT molecular complexity index is 1160. The van der Waals surface area contributed by atoms with Gasteiger partial charge in [-0.25, -0.2) is 9.78 Å².